The lowest BCUT2D eigenvalue weighted by Gasteiger charge is -2.34. The molecule has 0 amide bonds. The van der Waals surface area contributed by atoms with Crippen molar-refractivity contribution in [1.29, 1.82) is 5.26 Å². The molecule has 0 saturated carbocycles. The highest BCUT2D eigenvalue weighted by atomic mass is 16.6. The van der Waals surface area contributed by atoms with Crippen LogP contribution < -0.4 is 10.2 Å². The van der Waals surface area contributed by atoms with Gasteiger partial charge in [0.15, 0.2) is 6.29 Å². The predicted octanol–water partition coefficient (Wildman–Crippen LogP) is 2.09. The number of likely N-dealkylation sites (N-methyl/N-ethyl adjacent to an activating group) is 1. The maximum atomic E-state index is 10.2. The Morgan fingerprint density at radius 3 is 2.52 bits per heavy atom. The number of hydrogen-bond acceptors (Lipinski definition) is 7. The SMILES string of the molecule is CC/C=C(NC1CC(O)COC1O)\C(C#N)=C(/C)c1ccc(N2CCN(C)CC2)cc1. The van der Waals surface area contributed by atoms with Crippen LogP contribution in [0.25, 0.3) is 5.57 Å². The topological polar surface area (TPSA) is 92.0 Å². The molecule has 2 aliphatic heterocycles. The molecule has 31 heavy (non-hydrogen) atoms. The number of allylic oxidation sites excluding steroid dienone is 3. The number of benzene rings is 1. The molecule has 168 valence electrons. The first-order chi connectivity index (χ1) is 14.9. The second-order valence-corrected chi connectivity index (χ2v) is 8.34. The number of nitriles is 1. The van der Waals surface area contributed by atoms with Crippen LogP contribution in [0.3, 0.4) is 0 Å². The van der Waals surface area contributed by atoms with Crippen LogP contribution in [-0.2, 0) is 4.74 Å². The van der Waals surface area contributed by atoms with Crippen molar-refractivity contribution in [1.82, 2.24) is 10.2 Å². The maximum Gasteiger partial charge on any atom is 0.175 e. The molecule has 0 bridgehead atoms. The zero-order valence-corrected chi connectivity index (χ0v) is 18.7. The normalized spacial score (nSPS) is 26.3. The van der Waals surface area contributed by atoms with E-state index in [1.807, 2.05) is 19.9 Å². The monoisotopic (exact) mass is 426 g/mol. The molecular formula is C24H34N4O3. The number of hydrogen-bond donors (Lipinski definition) is 3. The number of anilines is 1. The van der Waals surface area contributed by atoms with Crippen LogP contribution in [0, 0.1) is 11.3 Å². The van der Waals surface area contributed by atoms with Gasteiger partial charge in [0, 0.05) is 44.0 Å². The molecule has 1 aromatic rings. The van der Waals surface area contributed by atoms with E-state index in [1.54, 1.807) is 0 Å². The van der Waals surface area contributed by atoms with Crippen molar-refractivity contribution in [3.8, 4) is 6.07 Å². The molecular weight excluding hydrogens is 392 g/mol. The molecule has 7 heteroatoms. The summed E-state index contributed by atoms with van der Waals surface area (Å²) in [5, 5.41) is 33.2. The van der Waals surface area contributed by atoms with Gasteiger partial charge in [-0.25, -0.2) is 0 Å². The Kier molecular flexibility index (Phi) is 8.10. The maximum absolute atomic E-state index is 10.2. The first kappa shape index (κ1) is 23.3. The van der Waals surface area contributed by atoms with E-state index >= 15 is 0 Å². The first-order valence-electron chi connectivity index (χ1n) is 11.0. The van der Waals surface area contributed by atoms with Crippen LogP contribution in [0.2, 0.25) is 0 Å². The highest BCUT2D eigenvalue weighted by Gasteiger charge is 2.30. The number of rotatable bonds is 6. The van der Waals surface area contributed by atoms with Gasteiger partial charge in [-0.05, 0) is 43.7 Å². The predicted molar refractivity (Wildman–Crippen MR) is 122 cm³/mol. The third-order valence-corrected chi connectivity index (χ3v) is 6.00. The lowest BCUT2D eigenvalue weighted by Crippen LogP contribution is -2.48. The first-order valence-corrected chi connectivity index (χ1v) is 11.0. The lowest BCUT2D eigenvalue weighted by atomic mass is 9.97. The molecule has 7 nitrogen and oxygen atoms in total. The Labute approximate surface area is 185 Å². The van der Waals surface area contributed by atoms with Crippen LogP contribution in [0.4, 0.5) is 5.69 Å². The van der Waals surface area contributed by atoms with Gasteiger partial charge in [-0.15, -0.1) is 0 Å². The minimum atomic E-state index is -1.02. The summed E-state index contributed by atoms with van der Waals surface area (Å²) in [6.45, 7) is 8.20. The summed E-state index contributed by atoms with van der Waals surface area (Å²) in [4.78, 5) is 4.71. The molecule has 3 N–H and O–H groups in total. The summed E-state index contributed by atoms with van der Waals surface area (Å²) in [6.07, 6.45) is 1.37. The minimum Gasteiger partial charge on any atom is -0.391 e. The fourth-order valence-corrected chi connectivity index (χ4v) is 4.05. The summed E-state index contributed by atoms with van der Waals surface area (Å²) in [7, 11) is 2.15. The molecule has 2 fully saturated rings. The molecule has 3 rings (SSSR count). The van der Waals surface area contributed by atoms with Crippen LogP contribution in [0.15, 0.2) is 41.6 Å². The highest BCUT2D eigenvalue weighted by molar-refractivity contribution is 5.75. The Bertz CT molecular complexity index is 835. The summed E-state index contributed by atoms with van der Waals surface area (Å²) in [6, 6.07) is 10.2. The third kappa shape index (κ3) is 5.86. The standard InChI is InChI=1S/C24H34N4O3/c1-4-5-22(26-23-14-20(29)16-31-24(23)30)21(15-25)17(2)18-6-8-19(9-7-18)28-12-10-27(3)11-13-28/h5-9,20,23-24,26,29-30H,4,10-14,16H2,1-3H3/b21-17+,22-5+. The Hall–Kier alpha value is -2.37. The number of nitrogens with zero attached hydrogens (tertiary/aromatic N) is 3. The van der Waals surface area contributed by atoms with Gasteiger partial charge in [0.2, 0.25) is 0 Å². The van der Waals surface area contributed by atoms with Gasteiger partial charge in [-0.2, -0.15) is 5.26 Å². The molecule has 0 radical (unpaired) electrons. The summed E-state index contributed by atoms with van der Waals surface area (Å²) in [5.74, 6) is 0. The average Bonchev–Trinajstić information content (AvgIpc) is 2.77. The van der Waals surface area contributed by atoms with Gasteiger partial charge in [0.1, 0.15) is 6.07 Å². The van der Waals surface area contributed by atoms with E-state index in [2.05, 4.69) is 52.5 Å². The molecule has 2 saturated heterocycles. The Morgan fingerprint density at radius 1 is 1.23 bits per heavy atom. The van der Waals surface area contributed by atoms with Crippen molar-refractivity contribution in [2.45, 2.75) is 45.1 Å². The van der Waals surface area contributed by atoms with Gasteiger partial charge in [-0.3, -0.25) is 0 Å². The molecule has 2 heterocycles. The number of piperazine rings is 1. The molecule has 3 unspecified atom stereocenters. The fourth-order valence-electron chi connectivity index (χ4n) is 4.05. The van der Waals surface area contributed by atoms with Crippen molar-refractivity contribution in [2.24, 2.45) is 0 Å². The van der Waals surface area contributed by atoms with Gasteiger partial charge < -0.3 is 30.1 Å². The van der Waals surface area contributed by atoms with E-state index in [-0.39, 0.29) is 6.61 Å². The van der Waals surface area contributed by atoms with Crippen LogP contribution >= 0.6 is 0 Å². The van der Waals surface area contributed by atoms with Crippen molar-refractivity contribution < 1.29 is 14.9 Å². The Balaban J connectivity index is 1.81. The highest BCUT2D eigenvalue weighted by Crippen LogP contribution is 2.26. The van der Waals surface area contributed by atoms with E-state index in [0.29, 0.717) is 17.7 Å². The molecule has 1 aromatic carbocycles. The van der Waals surface area contributed by atoms with E-state index in [1.165, 1.54) is 5.69 Å². The quantitative estimate of drug-likeness (QED) is 0.474. The van der Waals surface area contributed by atoms with Crippen molar-refractivity contribution >= 4 is 11.3 Å². The summed E-state index contributed by atoms with van der Waals surface area (Å²) < 4.78 is 5.23. The van der Waals surface area contributed by atoms with Crippen LogP contribution in [-0.4, -0.2) is 73.4 Å². The van der Waals surface area contributed by atoms with E-state index in [0.717, 1.165) is 43.7 Å². The van der Waals surface area contributed by atoms with Crippen LogP contribution in [0.1, 0.15) is 32.3 Å². The van der Waals surface area contributed by atoms with Gasteiger partial charge >= 0.3 is 0 Å². The molecule has 0 aliphatic carbocycles. The number of nitrogens with one attached hydrogen (secondary N) is 1. The second kappa shape index (κ2) is 10.8. The molecule has 0 spiro atoms. The number of aliphatic hydroxyl groups is 2. The van der Waals surface area contributed by atoms with Gasteiger partial charge in [-0.1, -0.05) is 25.1 Å². The molecule has 2 aliphatic rings. The lowest BCUT2D eigenvalue weighted by molar-refractivity contribution is -0.171. The average molecular weight is 427 g/mol. The Morgan fingerprint density at radius 2 is 1.90 bits per heavy atom. The van der Waals surface area contributed by atoms with Crippen molar-refractivity contribution in [2.75, 3.05) is 44.7 Å². The summed E-state index contributed by atoms with van der Waals surface area (Å²) >= 11 is 0. The second-order valence-electron chi connectivity index (χ2n) is 8.34. The number of ether oxygens (including phenoxy) is 1. The summed E-state index contributed by atoms with van der Waals surface area (Å²) in [5.41, 5.74) is 4.24. The van der Waals surface area contributed by atoms with Crippen molar-refractivity contribution in [3.05, 3.63) is 47.2 Å². The smallest absolute Gasteiger partial charge is 0.175 e. The molecule has 3 atom stereocenters. The zero-order chi connectivity index (χ0) is 22.4. The van der Waals surface area contributed by atoms with Crippen LogP contribution in [0.5, 0.6) is 0 Å². The minimum absolute atomic E-state index is 0.117. The van der Waals surface area contributed by atoms with Crippen molar-refractivity contribution in [3.63, 3.8) is 0 Å². The van der Waals surface area contributed by atoms with E-state index in [4.69, 9.17) is 4.74 Å². The van der Waals surface area contributed by atoms with Gasteiger partial charge in [0.05, 0.1) is 24.3 Å². The van der Waals surface area contributed by atoms with E-state index in [9.17, 15) is 15.5 Å². The van der Waals surface area contributed by atoms with E-state index < -0.39 is 18.4 Å². The fraction of sp³-hybridized carbons (Fsp3) is 0.542. The third-order valence-electron chi connectivity index (χ3n) is 6.00. The largest absolute Gasteiger partial charge is 0.391 e. The zero-order valence-electron chi connectivity index (χ0n) is 18.7. The number of aliphatic hydroxyl groups excluding tert-OH is 2. The van der Waals surface area contributed by atoms with Gasteiger partial charge in [0.25, 0.3) is 0 Å². The molecule has 0 aromatic heterocycles.